The number of amides is 1. The third-order valence-corrected chi connectivity index (χ3v) is 3.50. The molecule has 0 spiro atoms. The van der Waals surface area contributed by atoms with Crippen molar-refractivity contribution in [3.8, 4) is 5.75 Å². The fraction of sp³-hybridized carbons (Fsp3) is 0.533. The highest BCUT2D eigenvalue weighted by atomic mass is 79.9. The molecule has 1 aromatic carbocycles. The van der Waals surface area contributed by atoms with Crippen LogP contribution < -0.4 is 15.8 Å². The first-order valence-electron chi connectivity index (χ1n) is 6.98. The summed E-state index contributed by atoms with van der Waals surface area (Å²) in [5.74, 6) is 0.762. The van der Waals surface area contributed by atoms with Gasteiger partial charge in [0.1, 0.15) is 18.5 Å². The number of nitrogens with two attached hydrogens (primary N) is 1. The van der Waals surface area contributed by atoms with E-state index in [9.17, 15) is 9.90 Å². The normalized spacial score (nSPS) is 13.2. The number of benzene rings is 1. The molecular weight excluding hydrogens is 372 g/mol. The average Bonchev–Trinajstić information content (AvgIpc) is 2.43. The Morgan fingerprint density at radius 1 is 1.41 bits per heavy atom. The summed E-state index contributed by atoms with van der Waals surface area (Å²) in [6.07, 6.45) is -0.164. The zero-order chi connectivity index (χ0) is 15.8. The summed E-state index contributed by atoms with van der Waals surface area (Å²) in [4.78, 5) is 11.7. The van der Waals surface area contributed by atoms with Crippen LogP contribution >= 0.6 is 28.3 Å². The highest BCUT2D eigenvalue weighted by Crippen LogP contribution is 2.23. The van der Waals surface area contributed by atoms with E-state index in [1.54, 1.807) is 6.07 Å². The molecule has 0 aliphatic rings. The van der Waals surface area contributed by atoms with Crippen LogP contribution in [0, 0.1) is 5.92 Å². The molecule has 1 unspecified atom stereocenters. The van der Waals surface area contributed by atoms with Gasteiger partial charge in [-0.05, 0) is 40.4 Å². The minimum atomic E-state index is -0.785. The van der Waals surface area contributed by atoms with Crippen molar-refractivity contribution in [1.29, 1.82) is 0 Å². The lowest BCUT2D eigenvalue weighted by molar-refractivity contribution is -0.123. The van der Waals surface area contributed by atoms with E-state index in [1.807, 2.05) is 32.0 Å². The number of halogens is 2. The molecule has 0 aromatic heterocycles. The first-order valence-corrected chi connectivity index (χ1v) is 7.78. The van der Waals surface area contributed by atoms with E-state index >= 15 is 0 Å². The number of hydrogen-bond donors (Lipinski definition) is 3. The predicted octanol–water partition coefficient (Wildman–Crippen LogP) is 2.10. The third kappa shape index (κ3) is 7.98. The zero-order valence-corrected chi connectivity index (χ0v) is 15.2. The van der Waals surface area contributed by atoms with Crippen molar-refractivity contribution in [2.24, 2.45) is 11.7 Å². The summed E-state index contributed by atoms with van der Waals surface area (Å²) in [6, 6.07) is 6.84. The predicted molar refractivity (Wildman–Crippen MR) is 93.3 cm³/mol. The Kier molecular flexibility index (Phi) is 10.4. The topological polar surface area (TPSA) is 84.6 Å². The molecule has 0 radical (unpaired) electrons. The van der Waals surface area contributed by atoms with Crippen molar-refractivity contribution in [3.63, 3.8) is 0 Å². The fourth-order valence-corrected chi connectivity index (χ4v) is 2.17. The van der Waals surface area contributed by atoms with Crippen molar-refractivity contribution in [2.45, 2.75) is 32.4 Å². The molecule has 0 bridgehead atoms. The highest BCUT2D eigenvalue weighted by molar-refractivity contribution is 9.10. The first-order chi connectivity index (χ1) is 9.90. The average molecular weight is 396 g/mol. The molecule has 0 fully saturated rings. The minimum absolute atomic E-state index is 0. The third-order valence-electron chi connectivity index (χ3n) is 2.84. The van der Waals surface area contributed by atoms with Crippen molar-refractivity contribution in [3.05, 3.63) is 28.7 Å². The van der Waals surface area contributed by atoms with Gasteiger partial charge in [0.25, 0.3) is 0 Å². The zero-order valence-electron chi connectivity index (χ0n) is 12.8. The summed E-state index contributed by atoms with van der Waals surface area (Å²) >= 11 is 3.36. The fourth-order valence-electron chi connectivity index (χ4n) is 1.77. The second-order valence-corrected chi connectivity index (χ2v) is 6.23. The molecule has 2 atom stereocenters. The molecule has 0 aliphatic carbocycles. The molecule has 0 heterocycles. The second kappa shape index (κ2) is 10.8. The molecule has 126 valence electrons. The molecule has 22 heavy (non-hydrogen) atoms. The molecule has 1 amide bonds. The van der Waals surface area contributed by atoms with E-state index in [1.165, 1.54) is 0 Å². The van der Waals surface area contributed by atoms with Crippen LogP contribution in [0.2, 0.25) is 0 Å². The van der Waals surface area contributed by atoms with Gasteiger partial charge in [-0.2, -0.15) is 0 Å². The van der Waals surface area contributed by atoms with Crippen LogP contribution in [-0.4, -0.2) is 36.3 Å². The van der Waals surface area contributed by atoms with Crippen LogP contribution in [0.5, 0.6) is 5.75 Å². The number of hydrogen-bond acceptors (Lipinski definition) is 4. The maximum Gasteiger partial charge on any atom is 0.237 e. The van der Waals surface area contributed by atoms with Crippen molar-refractivity contribution >= 4 is 34.2 Å². The van der Waals surface area contributed by atoms with Gasteiger partial charge in [0.05, 0.1) is 10.5 Å². The number of aliphatic hydroxyl groups is 1. The van der Waals surface area contributed by atoms with Crippen molar-refractivity contribution < 1.29 is 14.6 Å². The SMILES string of the molecule is CC(C)C[C@H](N)C(=O)NCC(O)COc1ccccc1Br.Cl. The number of nitrogens with one attached hydrogen (secondary N) is 1. The Balaban J connectivity index is 0.00000441. The number of rotatable bonds is 8. The Hall–Kier alpha value is -0.820. The summed E-state index contributed by atoms with van der Waals surface area (Å²) in [6.45, 7) is 4.23. The van der Waals surface area contributed by atoms with Gasteiger partial charge in [-0.25, -0.2) is 0 Å². The maximum atomic E-state index is 11.7. The standard InChI is InChI=1S/C15H23BrN2O3.ClH/c1-10(2)7-13(17)15(20)18-8-11(19)9-21-14-6-4-3-5-12(14)16;/h3-6,10-11,13,19H,7-9,17H2,1-2H3,(H,18,20);1H/t11?,13-;/m0./s1. The first kappa shape index (κ1) is 21.2. The number of ether oxygens (including phenoxy) is 1. The van der Waals surface area contributed by atoms with Crippen LogP contribution in [0.3, 0.4) is 0 Å². The lowest BCUT2D eigenvalue weighted by Crippen LogP contribution is -2.45. The van der Waals surface area contributed by atoms with Crippen LogP contribution in [0.15, 0.2) is 28.7 Å². The molecule has 7 heteroatoms. The molecule has 0 saturated heterocycles. The number of para-hydroxylation sites is 1. The van der Waals surface area contributed by atoms with E-state index in [2.05, 4.69) is 21.2 Å². The van der Waals surface area contributed by atoms with E-state index in [-0.39, 0.29) is 31.5 Å². The van der Waals surface area contributed by atoms with Crippen LogP contribution in [0.1, 0.15) is 20.3 Å². The minimum Gasteiger partial charge on any atom is -0.490 e. The van der Waals surface area contributed by atoms with Gasteiger partial charge in [-0.3, -0.25) is 4.79 Å². The van der Waals surface area contributed by atoms with Gasteiger partial charge in [-0.1, -0.05) is 26.0 Å². The number of carbonyl (C=O) groups is 1. The highest BCUT2D eigenvalue weighted by Gasteiger charge is 2.16. The van der Waals surface area contributed by atoms with Gasteiger partial charge >= 0.3 is 0 Å². The molecule has 0 aliphatic heterocycles. The lowest BCUT2D eigenvalue weighted by Gasteiger charge is -2.17. The van der Waals surface area contributed by atoms with Gasteiger partial charge in [-0.15, -0.1) is 12.4 Å². The van der Waals surface area contributed by atoms with Gasteiger partial charge in [0.2, 0.25) is 5.91 Å². The second-order valence-electron chi connectivity index (χ2n) is 5.38. The Labute approximate surface area is 146 Å². The monoisotopic (exact) mass is 394 g/mol. The quantitative estimate of drug-likeness (QED) is 0.629. The molecular formula is C15H24BrClN2O3. The summed E-state index contributed by atoms with van der Waals surface area (Å²) in [5, 5.41) is 12.5. The molecule has 0 saturated carbocycles. The Morgan fingerprint density at radius 2 is 2.05 bits per heavy atom. The molecule has 4 N–H and O–H groups in total. The summed E-state index contributed by atoms with van der Waals surface area (Å²) in [7, 11) is 0. The largest absolute Gasteiger partial charge is 0.490 e. The van der Waals surface area contributed by atoms with Crippen LogP contribution in [-0.2, 0) is 4.79 Å². The Morgan fingerprint density at radius 3 is 2.64 bits per heavy atom. The molecule has 1 rings (SSSR count). The summed E-state index contributed by atoms with van der Waals surface area (Å²) in [5.41, 5.74) is 5.76. The van der Waals surface area contributed by atoms with Gasteiger partial charge in [0.15, 0.2) is 0 Å². The van der Waals surface area contributed by atoms with E-state index in [0.717, 1.165) is 4.47 Å². The summed E-state index contributed by atoms with van der Waals surface area (Å²) < 4.78 is 6.30. The smallest absolute Gasteiger partial charge is 0.237 e. The van der Waals surface area contributed by atoms with E-state index < -0.39 is 12.1 Å². The van der Waals surface area contributed by atoms with E-state index in [4.69, 9.17) is 10.5 Å². The number of carbonyl (C=O) groups excluding carboxylic acids is 1. The maximum absolute atomic E-state index is 11.7. The van der Waals surface area contributed by atoms with E-state index in [0.29, 0.717) is 18.1 Å². The molecule has 1 aromatic rings. The van der Waals surface area contributed by atoms with Crippen LogP contribution in [0.4, 0.5) is 0 Å². The van der Waals surface area contributed by atoms with Crippen molar-refractivity contribution in [2.75, 3.05) is 13.2 Å². The van der Waals surface area contributed by atoms with Crippen molar-refractivity contribution in [1.82, 2.24) is 5.32 Å². The lowest BCUT2D eigenvalue weighted by atomic mass is 10.0. The van der Waals surface area contributed by atoms with Gasteiger partial charge < -0.3 is 20.9 Å². The Bertz CT molecular complexity index is 460. The van der Waals surface area contributed by atoms with Crippen LogP contribution in [0.25, 0.3) is 0 Å². The van der Waals surface area contributed by atoms with Gasteiger partial charge in [0, 0.05) is 6.54 Å². The number of aliphatic hydroxyl groups excluding tert-OH is 1. The molecule has 5 nitrogen and oxygen atoms in total.